The molecule has 5 nitrogen and oxygen atoms in total. The summed E-state index contributed by atoms with van der Waals surface area (Å²) in [5.41, 5.74) is 0.933. The molecule has 114 valence electrons. The van der Waals surface area contributed by atoms with E-state index in [0.717, 1.165) is 11.4 Å². The second-order valence-corrected chi connectivity index (χ2v) is 6.65. The molecule has 0 saturated heterocycles. The van der Waals surface area contributed by atoms with Crippen LogP contribution in [0, 0.1) is 18.8 Å². The van der Waals surface area contributed by atoms with Crippen molar-refractivity contribution in [3.8, 4) is 0 Å². The molecule has 0 aliphatic heterocycles. The lowest BCUT2D eigenvalue weighted by atomic mass is 9.78. The number of hydrogen-bond acceptors (Lipinski definition) is 4. The minimum Gasteiger partial charge on any atom is -0.367 e. The third-order valence-electron chi connectivity index (χ3n) is 4.60. The molecule has 2 heterocycles. The van der Waals surface area contributed by atoms with Gasteiger partial charge in [0.05, 0.1) is 0 Å². The average Bonchev–Trinajstić information content (AvgIpc) is 2.92. The number of anilines is 1. The van der Waals surface area contributed by atoms with Crippen LogP contribution < -0.4 is 5.32 Å². The molecule has 1 N–H and O–H groups in total. The summed E-state index contributed by atoms with van der Waals surface area (Å²) < 4.78 is 1.76. The molecule has 0 spiro atoms. The van der Waals surface area contributed by atoms with Crippen LogP contribution >= 0.6 is 11.6 Å². The van der Waals surface area contributed by atoms with Gasteiger partial charge in [0.2, 0.25) is 0 Å². The fourth-order valence-corrected chi connectivity index (χ4v) is 3.54. The maximum atomic E-state index is 6.23. The van der Waals surface area contributed by atoms with Gasteiger partial charge in [0.1, 0.15) is 17.3 Å². The first kappa shape index (κ1) is 14.6. The quantitative estimate of drug-likeness (QED) is 0.878. The van der Waals surface area contributed by atoms with Crippen molar-refractivity contribution in [1.82, 2.24) is 19.6 Å². The van der Waals surface area contributed by atoms with Gasteiger partial charge in [0.15, 0.2) is 0 Å². The standard InChI is InChI=1S/C15H22ClN5/c1-9(2)11-6-4-5-7-12(11)19-14-10(3)13(16)20-15-17-8-18-21(14)15/h8-9,11-12,19H,4-7H2,1-3H3. The highest BCUT2D eigenvalue weighted by molar-refractivity contribution is 6.30. The Morgan fingerprint density at radius 3 is 2.86 bits per heavy atom. The van der Waals surface area contributed by atoms with Crippen molar-refractivity contribution < 1.29 is 0 Å². The van der Waals surface area contributed by atoms with Gasteiger partial charge < -0.3 is 5.32 Å². The van der Waals surface area contributed by atoms with Gasteiger partial charge >= 0.3 is 0 Å². The van der Waals surface area contributed by atoms with Gasteiger partial charge in [-0.2, -0.15) is 19.6 Å². The van der Waals surface area contributed by atoms with Crippen LogP contribution in [0.25, 0.3) is 5.78 Å². The zero-order valence-corrected chi connectivity index (χ0v) is 13.6. The summed E-state index contributed by atoms with van der Waals surface area (Å²) in [5.74, 6) is 2.83. The van der Waals surface area contributed by atoms with Crippen molar-refractivity contribution >= 4 is 23.2 Å². The first-order chi connectivity index (χ1) is 10.1. The lowest BCUT2D eigenvalue weighted by molar-refractivity contribution is 0.253. The monoisotopic (exact) mass is 307 g/mol. The Kier molecular flexibility index (Phi) is 4.02. The number of nitrogens with zero attached hydrogens (tertiary/aromatic N) is 4. The Hall–Kier alpha value is -1.36. The van der Waals surface area contributed by atoms with E-state index in [9.17, 15) is 0 Å². The van der Waals surface area contributed by atoms with Gasteiger partial charge in [-0.05, 0) is 31.6 Å². The van der Waals surface area contributed by atoms with Crippen molar-refractivity contribution in [2.24, 2.45) is 11.8 Å². The van der Waals surface area contributed by atoms with Crippen molar-refractivity contribution in [1.29, 1.82) is 0 Å². The normalized spacial score (nSPS) is 22.9. The number of aromatic nitrogens is 4. The molecule has 2 unspecified atom stereocenters. The maximum absolute atomic E-state index is 6.23. The Balaban J connectivity index is 1.96. The number of fused-ring (bicyclic) bond motifs is 1. The highest BCUT2D eigenvalue weighted by Gasteiger charge is 2.28. The van der Waals surface area contributed by atoms with Crippen molar-refractivity contribution in [3.05, 3.63) is 17.0 Å². The second kappa shape index (κ2) is 5.79. The van der Waals surface area contributed by atoms with Crippen LogP contribution in [-0.4, -0.2) is 25.6 Å². The lowest BCUT2D eigenvalue weighted by Crippen LogP contribution is -2.36. The van der Waals surface area contributed by atoms with Crippen LogP contribution in [0.2, 0.25) is 5.15 Å². The Bertz CT molecular complexity index is 636. The Morgan fingerprint density at radius 1 is 1.33 bits per heavy atom. The molecule has 0 aromatic carbocycles. The molecule has 2 aromatic heterocycles. The predicted octanol–water partition coefficient (Wildman–Crippen LogP) is 3.71. The first-order valence-electron chi connectivity index (χ1n) is 7.70. The SMILES string of the molecule is Cc1c(Cl)nc2ncnn2c1NC1CCCCC1C(C)C. The van der Waals surface area contributed by atoms with Crippen LogP contribution in [0.15, 0.2) is 6.33 Å². The van der Waals surface area contributed by atoms with E-state index in [0.29, 0.717) is 28.8 Å². The predicted molar refractivity (Wildman–Crippen MR) is 84.7 cm³/mol. The third-order valence-corrected chi connectivity index (χ3v) is 4.97. The van der Waals surface area contributed by atoms with E-state index in [1.807, 2.05) is 6.92 Å². The smallest absolute Gasteiger partial charge is 0.255 e. The zero-order chi connectivity index (χ0) is 15.0. The highest BCUT2D eigenvalue weighted by atomic mass is 35.5. The molecule has 1 aliphatic rings. The van der Waals surface area contributed by atoms with Gasteiger partial charge in [-0.1, -0.05) is 38.3 Å². The summed E-state index contributed by atoms with van der Waals surface area (Å²) in [6.45, 7) is 6.59. The Labute approximate surface area is 130 Å². The molecule has 6 heteroatoms. The summed E-state index contributed by atoms with van der Waals surface area (Å²) in [7, 11) is 0. The first-order valence-corrected chi connectivity index (χ1v) is 8.08. The van der Waals surface area contributed by atoms with Gasteiger partial charge in [-0.25, -0.2) is 0 Å². The van der Waals surface area contributed by atoms with E-state index < -0.39 is 0 Å². The molecule has 1 fully saturated rings. The highest BCUT2D eigenvalue weighted by Crippen LogP contribution is 2.33. The lowest BCUT2D eigenvalue weighted by Gasteiger charge is -2.35. The van der Waals surface area contributed by atoms with Crippen LogP contribution in [0.5, 0.6) is 0 Å². The molecular weight excluding hydrogens is 286 g/mol. The summed E-state index contributed by atoms with van der Waals surface area (Å²) in [6.07, 6.45) is 6.60. The van der Waals surface area contributed by atoms with Crippen molar-refractivity contribution in [3.63, 3.8) is 0 Å². The van der Waals surface area contributed by atoms with Crippen LogP contribution in [0.1, 0.15) is 45.1 Å². The molecule has 21 heavy (non-hydrogen) atoms. The fraction of sp³-hybridized carbons (Fsp3) is 0.667. The molecule has 3 rings (SSSR count). The molecule has 1 aliphatic carbocycles. The van der Waals surface area contributed by atoms with E-state index >= 15 is 0 Å². The van der Waals surface area contributed by atoms with Gasteiger partial charge in [0.25, 0.3) is 5.78 Å². The molecule has 2 atom stereocenters. The second-order valence-electron chi connectivity index (χ2n) is 6.29. The van der Waals surface area contributed by atoms with E-state index in [4.69, 9.17) is 11.6 Å². The summed E-state index contributed by atoms with van der Waals surface area (Å²) in [5, 5.41) is 8.46. The van der Waals surface area contributed by atoms with Crippen LogP contribution in [0.4, 0.5) is 5.82 Å². The number of halogens is 1. The summed E-state index contributed by atoms with van der Waals surface area (Å²) in [4.78, 5) is 8.40. The summed E-state index contributed by atoms with van der Waals surface area (Å²) >= 11 is 6.23. The number of nitrogens with one attached hydrogen (secondary N) is 1. The molecule has 0 amide bonds. The molecule has 1 saturated carbocycles. The average molecular weight is 308 g/mol. The van der Waals surface area contributed by atoms with E-state index in [1.165, 1.54) is 32.0 Å². The van der Waals surface area contributed by atoms with Crippen molar-refractivity contribution in [2.75, 3.05) is 5.32 Å². The van der Waals surface area contributed by atoms with Gasteiger partial charge in [-0.3, -0.25) is 0 Å². The molecule has 0 bridgehead atoms. The Morgan fingerprint density at radius 2 is 2.10 bits per heavy atom. The van der Waals surface area contributed by atoms with E-state index in [2.05, 4.69) is 34.2 Å². The van der Waals surface area contributed by atoms with Crippen LogP contribution in [0.3, 0.4) is 0 Å². The van der Waals surface area contributed by atoms with E-state index in [1.54, 1.807) is 4.52 Å². The summed E-state index contributed by atoms with van der Waals surface area (Å²) in [6, 6.07) is 0.461. The number of hydrogen-bond donors (Lipinski definition) is 1. The fourth-order valence-electron chi connectivity index (χ4n) is 3.38. The number of rotatable bonds is 3. The van der Waals surface area contributed by atoms with Gasteiger partial charge in [0, 0.05) is 11.6 Å². The maximum Gasteiger partial charge on any atom is 0.255 e. The van der Waals surface area contributed by atoms with Crippen LogP contribution in [-0.2, 0) is 0 Å². The minimum absolute atomic E-state index is 0.461. The molecular formula is C15H22ClN5. The largest absolute Gasteiger partial charge is 0.367 e. The van der Waals surface area contributed by atoms with Crippen molar-refractivity contribution in [2.45, 2.75) is 52.5 Å². The zero-order valence-electron chi connectivity index (χ0n) is 12.8. The molecule has 0 radical (unpaired) electrons. The van der Waals surface area contributed by atoms with Gasteiger partial charge in [-0.15, -0.1) is 0 Å². The minimum atomic E-state index is 0.461. The topological polar surface area (TPSA) is 55.1 Å². The molecule has 2 aromatic rings. The third kappa shape index (κ3) is 2.71. The van der Waals surface area contributed by atoms with E-state index in [-0.39, 0.29) is 0 Å².